The highest BCUT2D eigenvalue weighted by atomic mass is 32.2. The van der Waals surface area contributed by atoms with Gasteiger partial charge in [-0.1, -0.05) is 11.8 Å². The van der Waals surface area contributed by atoms with Crippen molar-refractivity contribution in [2.24, 2.45) is 0 Å². The van der Waals surface area contributed by atoms with E-state index in [0.29, 0.717) is 31.7 Å². The lowest BCUT2D eigenvalue weighted by atomic mass is 10.2. The summed E-state index contributed by atoms with van der Waals surface area (Å²) in [5, 5.41) is 3.79. The summed E-state index contributed by atoms with van der Waals surface area (Å²) in [4.78, 5) is 30.0. The van der Waals surface area contributed by atoms with Crippen LogP contribution in [0.3, 0.4) is 0 Å². The van der Waals surface area contributed by atoms with Crippen LogP contribution >= 0.6 is 11.8 Å². The van der Waals surface area contributed by atoms with E-state index in [-0.39, 0.29) is 17.9 Å². The van der Waals surface area contributed by atoms with Crippen molar-refractivity contribution in [2.45, 2.75) is 36.8 Å². The first-order valence-electron chi connectivity index (χ1n) is 8.00. The molecule has 1 atom stereocenters. The Bertz CT molecular complexity index is 575. The second-order valence-corrected chi connectivity index (χ2v) is 6.67. The fraction of sp³-hybridized carbons (Fsp3) is 0.562. The molecule has 1 N–H and O–H groups in total. The van der Waals surface area contributed by atoms with Crippen LogP contribution in [0.1, 0.15) is 25.7 Å². The van der Waals surface area contributed by atoms with Crippen LogP contribution in [0.25, 0.3) is 0 Å². The number of pyridine rings is 1. The van der Waals surface area contributed by atoms with Crippen LogP contribution in [0, 0.1) is 0 Å². The number of hydrogen-bond donors (Lipinski definition) is 1. The lowest BCUT2D eigenvalue weighted by Gasteiger charge is -2.28. The molecule has 1 saturated heterocycles. The maximum absolute atomic E-state index is 12.1. The molecule has 1 aromatic heterocycles. The molecule has 0 aromatic carbocycles. The van der Waals surface area contributed by atoms with E-state index in [1.807, 2.05) is 12.1 Å². The van der Waals surface area contributed by atoms with Crippen molar-refractivity contribution in [3.8, 4) is 0 Å². The summed E-state index contributed by atoms with van der Waals surface area (Å²) in [5.74, 6) is 0.510. The zero-order valence-electron chi connectivity index (χ0n) is 13.0. The molecule has 23 heavy (non-hydrogen) atoms. The molecule has 124 valence electrons. The van der Waals surface area contributed by atoms with Crippen molar-refractivity contribution < 1.29 is 14.3 Å². The van der Waals surface area contributed by atoms with E-state index in [9.17, 15) is 9.59 Å². The summed E-state index contributed by atoms with van der Waals surface area (Å²) >= 11 is 1.47. The van der Waals surface area contributed by atoms with Crippen molar-refractivity contribution >= 4 is 29.3 Å². The third kappa shape index (κ3) is 4.23. The van der Waals surface area contributed by atoms with Crippen molar-refractivity contribution in [1.82, 2.24) is 10.3 Å². The number of hydrogen-bond acceptors (Lipinski definition) is 5. The highest BCUT2D eigenvalue weighted by Gasteiger charge is 2.25. The number of nitrogens with zero attached hydrogens (tertiary/aromatic N) is 2. The predicted molar refractivity (Wildman–Crippen MR) is 88.5 cm³/mol. The molecule has 0 aliphatic carbocycles. The zero-order valence-corrected chi connectivity index (χ0v) is 13.8. The highest BCUT2D eigenvalue weighted by molar-refractivity contribution is 8.00. The van der Waals surface area contributed by atoms with Crippen LogP contribution in [0.4, 0.5) is 5.69 Å². The van der Waals surface area contributed by atoms with E-state index in [0.717, 1.165) is 30.2 Å². The van der Waals surface area contributed by atoms with E-state index < -0.39 is 0 Å². The van der Waals surface area contributed by atoms with Crippen LogP contribution in [-0.4, -0.2) is 48.4 Å². The number of ether oxygens (including phenoxy) is 1. The molecular weight excluding hydrogens is 314 g/mol. The van der Waals surface area contributed by atoms with Crippen molar-refractivity contribution in [2.75, 3.05) is 30.3 Å². The average Bonchev–Trinajstić information content (AvgIpc) is 3.08. The molecule has 0 radical (unpaired) electrons. The third-order valence-corrected chi connectivity index (χ3v) is 4.99. The fourth-order valence-electron chi connectivity index (χ4n) is 2.81. The number of rotatable bonds is 6. The van der Waals surface area contributed by atoms with Gasteiger partial charge in [0.15, 0.2) is 0 Å². The van der Waals surface area contributed by atoms with Gasteiger partial charge in [0.1, 0.15) is 5.03 Å². The topological polar surface area (TPSA) is 71.5 Å². The Labute approximate surface area is 140 Å². The van der Waals surface area contributed by atoms with Gasteiger partial charge in [0, 0.05) is 32.3 Å². The minimum absolute atomic E-state index is 0.0192. The van der Waals surface area contributed by atoms with Crippen molar-refractivity contribution in [3.63, 3.8) is 0 Å². The Morgan fingerprint density at radius 1 is 1.52 bits per heavy atom. The molecule has 2 amide bonds. The van der Waals surface area contributed by atoms with Gasteiger partial charge < -0.3 is 15.0 Å². The van der Waals surface area contributed by atoms with E-state index in [4.69, 9.17) is 4.74 Å². The van der Waals surface area contributed by atoms with Crippen LogP contribution in [0.2, 0.25) is 0 Å². The van der Waals surface area contributed by atoms with E-state index in [1.165, 1.54) is 11.8 Å². The fourth-order valence-corrected chi connectivity index (χ4v) is 3.68. The Balaban J connectivity index is 1.44. The Kier molecular flexibility index (Phi) is 5.51. The molecule has 2 aliphatic heterocycles. The minimum atomic E-state index is 0.0192. The lowest BCUT2D eigenvalue weighted by molar-refractivity contribution is -0.122. The summed E-state index contributed by atoms with van der Waals surface area (Å²) < 4.78 is 5.48. The quantitative estimate of drug-likeness (QED) is 0.855. The summed E-state index contributed by atoms with van der Waals surface area (Å²) in [6.45, 7) is 1.93. The number of carbonyl (C=O) groups is 2. The van der Waals surface area contributed by atoms with E-state index >= 15 is 0 Å². The standard InChI is InChI=1S/C16H21N3O3S/c20-14(18-10-12-4-3-9-22-12)6-2-8-19-13-5-1-7-17-16(13)23-11-15(19)21/h1,5,7,12H,2-4,6,8-11H2,(H,18,20)/t12-/m1/s1. The Morgan fingerprint density at radius 3 is 3.26 bits per heavy atom. The molecule has 1 aromatic rings. The predicted octanol–water partition coefficient (Wildman–Crippen LogP) is 1.60. The van der Waals surface area contributed by atoms with Gasteiger partial charge in [-0.05, 0) is 31.4 Å². The van der Waals surface area contributed by atoms with Crippen LogP contribution < -0.4 is 10.2 Å². The average molecular weight is 335 g/mol. The second kappa shape index (κ2) is 7.79. The molecule has 0 unspecified atom stereocenters. The Morgan fingerprint density at radius 2 is 2.43 bits per heavy atom. The minimum Gasteiger partial charge on any atom is -0.376 e. The zero-order chi connectivity index (χ0) is 16.1. The number of anilines is 1. The second-order valence-electron chi connectivity index (χ2n) is 5.70. The SMILES string of the molecule is O=C(CCCN1C(=O)CSc2ncccc21)NC[C@H]1CCCO1. The van der Waals surface area contributed by atoms with Crippen molar-refractivity contribution in [1.29, 1.82) is 0 Å². The molecule has 6 nitrogen and oxygen atoms in total. The number of fused-ring (bicyclic) bond motifs is 1. The summed E-state index contributed by atoms with van der Waals surface area (Å²) in [6.07, 6.45) is 5.05. The number of carbonyl (C=O) groups excluding carboxylic acids is 2. The van der Waals surface area contributed by atoms with Gasteiger partial charge in [0.05, 0.1) is 17.5 Å². The van der Waals surface area contributed by atoms with Crippen molar-refractivity contribution in [3.05, 3.63) is 18.3 Å². The molecule has 1 fully saturated rings. The van der Waals surface area contributed by atoms with E-state index in [1.54, 1.807) is 11.1 Å². The molecule has 0 spiro atoms. The van der Waals surface area contributed by atoms with Crippen LogP contribution in [0.5, 0.6) is 0 Å². The molecule has 0 saturated carbocycles. The summed E-state index contributed by atoms with van der Waals surface area (Å²) in [7, 11) is 0. The molecule has 3 heterocycles. The molecule has 3 rings (SSSR count). The number of thioether (sulfide) groups is 1. The number of aromatic nitrogens is 1. The molecular formula is C16H21N3O3S. The summed E-state index contributed by atoms with van der Waals surface area (Å²) in [5.41, 5.74) is 0.855. The number of amides is 2. The summed E-state index contributed by atoms with van der Waals surface area (Å²) in [6, 6.07) is 3.74. The van der Waals surface area contributed by atoms with Gasteiger partial charge in [-0.2, -0.15) is 0 Å². The van der Waals surface area contributed by atoms with Crippen LogP contribution in [0.15, 0.2) is 23.4 Å². The largest absolute Gasteiger partial charge is 0.376 e. The lowest BCUT2D eigenvalue weighted by Crippen LogP contribution is -2.37. The molecule has 2 aliphatic rings. The van der Waals surface area contributed by atoms with Crippen LogP contribution in [-0.2, 0) is 14.3 Å². The van der Waals surface area contributed by atoms with Gasteiger partial charge in [0.2, 0.25) is 11.8 Å². The maximum atomic E-state index is 12.1. The van der Waals surface area contributed by atoms with Gasteiger partial charge >= 0.3 is 0 Å². The van der Waals surface area contributed by atoms with E-state index in [2.05, 4.69) is 10.3 Å². The first-order valence-corrected chi connectivity index (χ1v) is 8.99. The van der Waals surface area contributed by atoms with Gasteiger partial charge in [-0.15, -0.1) is 0 Å². The smallest absolute Gasteiger partial charge is 0.237 e. The number of nitrogens with one attached hydrogen (secondary N) is 1. The normalized spacial score (nSPS) is 20.4. The maximum Gasteiger partial charge on any atom is 0.237 e. The van der Waals surface area contributed by atoms with Gasteiger partial charge in [0.25, 0.3) is 0 Å². The first kappa shape index (κ1) is 16.3. The molecule has 0 bridgehead atoms. The highest BCUT2D eigenvalue weighted by Crippen LogP contribution is 2.33. The monoisotopic (exact) mass is 335 g/mol. The Hall–Kier alpha value is -1.60. The third-order valence-electron chi connectivity index (χ3n) is 4.01. The first-order chi connectivity index (χ1) is 11.2. The molecule has 7 heteroatoms. The van der Waals surface area contributed by atoms with Gasteiger partial charge in [-0.25, -0.2) is 4.98 Å². The van der Waals surface area contributed by atoms with Gasteiger partial charge in [-0.3, -0.25) is 9.59 Å².